The van der Waals surface area contributed by atoms with Gasteiger partial charge in [-0.05, 0) is 91.6 Å². The fourth-order valence-corrected chi connectivity index (χ4v) is 8.74. The molecule has 1 saturated carbocycles. The molecule has 290 valence electrons. The van der Waals surface area contributed by atoms with Crippen LogP contribution in [0.25, 0.3) is 0 Å². The van der Waals surface area contributed by atoms with E-state index < -0.39 is 17.7 Å². The molecule has 2 N–H and O–H groups in total. The molecule has 10 nitrogen and oxygen atoms in total. The monoisotopic (exact) mass is 751 g/mol. The van der Waals surface area contributed by atoms with Crippen LogP contribution in [-0.4, -0.2) is 72.5 Å². The van der Waals surface area contributed by atoms with Gasteiger partial charge in [0.15, 0.2) is 0 Å². The summed E-state index contributed by atoms with van der Waals surface area (Å²) in [4.78, 5) is 21.5. The molecule has 0 spiro atoms. The van der Waals surface area contributed by atoms with E-state index in [9.17, 15) is 24.7 Å². The average Bonchev–Trinajstić information content (AvgIpc) is 3.21. The van der Waals surface area contributed by atoms with Crippen molar-refractivity contribution in [2.45, 2.75) is 69.3 Å². The van der Waals surface area contributed by atoms with Crippen molar-refractivity contribution < 1.29 is 38.4 Å². The summed E-state index contributed by atoms with van der Waals surface area (Å²) < 4.78 is 34.9. The Kier molecular flexibility index (Phi) is 13.0. The van der Waals surface area contributed by atoms with Gasteiger partial charge in [0.2, 0.25) is 5.79 Å². The number of rotatable bonds is 17. The first-order valence-electron chi connectivity index (χ1n) is 19.0. The Morgan fingerprint density at radius 1 is 1.09 bits per heavy atom. The molecule has 6 rings (SSSR count). The molecule has 0 saturated heterocycles. The quantitative estimate of drug-likeness (QED) is 0.0834. The van der Waals surface area contributed by atoms with E-state index in [1.165, 1.54) is 13.2 Å². The van der Waals surface area contributed by atoms with Crippen LogP contribution in [0.15, 0.2) is 96.2 Å². The van der Waals surface area contributed by atoms with Crippen LogP contribution in [0, 0.1) is 34.9 Å². The first kappa shape index (κ1) is 39.7. The summed E-state index contributed by atoms with van der Waals surface area (Å²) in [7, 11) is 3.24. The maximum absolute atomic E-state index is 14.6. The number of carbonyl (C=O) groups excluding carboxylic acids is 1. The lowest BCUT2D eigenvalue weighted by Crippen LogP contribution is -2.69. The first-order chi connectivity index (χ1) is 26.8. The van der Waals surface area contributed by atoms with Crippen molar-refractivity contribution in [1.29, 1.82) is 5.26 Å². The molecule has 55 heavy (non-hydrogen) atoms. The largest absolute Gasteiger partial charge is 0.489 e. The number of allylic oxidation sites excluding steroid dienone is 1. The van der Waals surface area contributed by atoms with E-state index in [1.807, 2.05) is 18.2 Å². The molecule has 3 aromatic carbocycles. The van der Waals surface area contributed by atoms with Gasteiger partial charge in [-0.15, -0.1) is 6.58 Å². The van der Waals surface area contributed by atoms with Crippen LogP contribution in [0.5, 0.6) is 11.5 Å². The molecule has 3 aliphatic rings. The SMILES string of the molecule is C=CCOC12Oc3ccc(OCc4ccccc4F)cc3C3C(CCCCO)C(CCCCO)C=C(C(=NOC)CC1N(C)C(=O)c1ccc(C#N)cc1)C32. The maximum Gasteiger partial charge on any atom is 0.254 e. The second-order valence-corrected chi connectivity index (χ2v) is 14.4. The number of halogens is 1. The molecule has 0 bridgehead atoms. The van der Waals surface area contributed by atoms with Crippen molar-refractivity contribution in [3.8, 4) is 17.6 Å². The summed E-state index contributed by atoms with van der Waals surface area (Å²) in [6, 6.07) is 20.1. The van der Waals surface area contributed by atoms with Gasteiger partial charge < -0.3 is 34.2 Å². The summed E-state index contributed by atoms with van der Waals surface area (Å²) in [5, 5.41) is 33.5. The third-order valence-electron chi connectivity index (χ3n) is 11.2. The topological polar surface area (TPSA) is 134 Å². The predicted octanol–water partition coefficient (Wildman–Crippen LogP) is 7.31. The van der Waals surface area contributed by atoms with Crippen molar-refractivity contribution in [3.63, 3.8) is 0 Å². The lowest BCUT2D eigenvalue weighted by Gasteiger charge is -2.59. The minimum atomic E-state index is -1.40. The number of hydrogen-bond donors (Lipinski definition) is 2. The van der Waals surface area contributed by atoms with Crippen molar-refractivity contribution >= 4 is 11.6 Å². The highest BCUT2D eigenvalue weighted by Crippen LogP contribution is 2.61. The molecular formula is C44H50FN3O7. The van der Waals surface area contributed by atoms with Crippen molar-refractivity contribution in [1.82, 2.24) is 4.90 Å². The maximum atomic E-state index is 14.6. The number of likely N-dealkylation sites (N-methyl/N-ethyl adjacent to an activating group) is 1. The van der Waals surface area contributed by atoms with Crippen molar-refractivity contribution in [3.05, 3.63) is 119 Å². The first-order valence-corrected chi connectivity index (χ1v) is 19.0. The van der Waals surface area contributed by atoms with Crippen LogP contribution >= 0.6 is 0 Å². The Bertz CT molecular complexity index is 1920. The van der Waals surface area contributed by atoms with E-state index in [1.54, 1.807) is 60.5 Å². The Labute approximate surface area is 322 Å². The van der Waals surface area contributed by atoms with Gasteiger partial charge in [0.25, 0.3) is 5.91 Å². The molecule has 11 heteroatoms. The number of carbonyl (C=O) groups is 1. The second-order valence-electron chi connectivity index (χ2n) is 14.4. The van der Waals surface area contributed by atoms with Gasteiger partial charge in [0.05, 0.1) is 29.9 Å². The zero-order chi connectivity index (χ0) is 39.0. The molecule has 6 unspecified atom stereocenters. The zero-order valence-corrected chi connectivity index (χ0v) is 31.5. The zero-order valence-electron chi connectivity index (χ0n) is 31.5. The lowest BCUT2D eigenvalue weighted by atomic mass is 9.55. The minimum absolute atomic E-state index is 0.0383. The number of amides is 1. The number of hydrogen-bond acceptors (Lipinski definition) is 9. The third-order valence-corrected chi connectivity index (χ3v) is 11.2. The van der Waals surface area contributed by atoms with E-state index in [0.29, 0.717) is 46.7 Å². The molecule has 6 atom stereocenters. The standard InChI is InChI=1S/C44H50FN3O7/c1-4-23-54-44-40(48(2)43(51)30-17-15-29(27-46)16-18-30)26-38(47-52-3)35-24-31(11-7-9-21-49)34(13-8-10-22-50)41(42(35)44)36-25-33(19-20-39(36)55-44)53-28-32-12-5-6-14-37(32)45/h4-6,12,14-20,24-25,31,34,40-42,49-50H,1,7-11,13,21-23,26,28H2,2-3H3. The number of aliphatic hydroxyl groups is 2. The molecule has 1 heterocycles. The summed E-state index contributed by atoms with van der Waals surface area (Å²) in [6.45, 7) is 4.31. The number of oxime groups is 1. The Hall–Kier alpha value is -5.02. The molecule has 3 aromatic rings. The van der Waals surface area contributed by atoms with Crippen LogP contribution in [0.4, 0.5) is 4.39 Å². The number of benzene rings is 3. The number of unbranched alkanes of at least 4 members (excludes halogenated alkanes) is 2. The van der Waals surface area contributed by atoms with Gasteiger partial charge in [0, 0.05) is 49.3 Å². The van der Waals surface area contributed by atoms with Gasteiger partial charge in [0.1, 0.15) is 37.1 Å². The van der Waals surface area contributed by atoms with Crippen molar-refractivity contribution in [2.24, 2.45) is 22.9 Å². The van der Waals surface area contributed by atoms with E-state index >= 15 is 0 Å². The number of ether oxygens (including phenoxy) is 3. The predicted molar refractivity (Wildman–Crippen MR) is 206 cm³/mol. The molecular weight excluding hydrogens is 701 g/mol. The molecule has 0 radical (unpaired) electrons. The van der Waals surface area contributed by atoms with E-state index in [0.717, 1.165) is 36.8 Å². The fourth-order valence-electron chi connectivity index (χ4n) is 8.74. The highest BCUT2D eigenvalue weighted by Gasteiger charge is 2.65. The van der Waals surface area contributed by atoms with E-state index in [2.05, 4.69) is 23.9 Å². The van der Waals surface area contributed by atoms with Crippen LogP contribution in [-0.2, 0) is 16.2 Å². The second kappa shape index (κ2) is 18.1. The Morgan fingerprint density at radius 3 is 2.53 bits per heavy atom. The lowest BCUT2D eigenvalue weighted by molar-refractivity contribution is -0.252. The highest BCUT2D eigenvalue weighted by atomic mass is 19.1. The van der Waals surface area contributed by atoms with Gasteiger partial charge in [-0.25, -0.2) is 4.39 Å². The summed E-state index contributed by atoms with van der Waals surface area (Å²) in [6.07, 6.45) is 8.71. The summed E-state index contributed by atoms with van der Waals surface area (Å²) in [5.41, 5.74) is 3.79. The molecule has 1 fully saturated rings. The minimum Gasteiger partial charge on any atom is -0.489 e. The van der Waals surface area contributed by atoms with Crippen LogP contribution in [0.1, 0.15) is 77.9 Å². The van der Waals surface area contributed by atoms with Gasteiger partial charge in [-0.3, -0.25) is 4.79 Å². The van der Waals surface area contributed by atoms with Crippen LogP contribution < -0.4 is 9.47 Å². The number of nitriles is 1. The van der Waals surface area contributed by atoms with Gasteiger partial charge in [-0.1, -0.05) is 48.3 Å². The normalized spacial score (nSPS) is 24.4. The summed E-state index contributed by atoms with van der Waals surface area (Å²) in [5.74, 6) is -1.47. The van der Waals surface area contributed by atoms with Crippen LogP contribution in [0.3, 0.4) is 0 Å². The molecule has 1 aliphatic heterocycles. The Morgan fingerprint density at radius 2 is 1.84 bits per heavy atom. The Balaban J connectivity index is 1.53. The fraction of sp³-hybridized carbons (Fsp3) is 0.432. The molecule has 2 aliphatic carbocycles. The van der Waals surface area contributed by atoms with Gasteiger partial charge >= 0.3 is 0 Å². The number of aliphatic hydroxyl groups excluding tert-OH is 2. The summed E-state index contributed by atoms with van der Waals surface area (Å²) >= 11 is 0. The highest BCUT2D eigenvalue weighted by molar-refractivity contribution is 6.03. The van der Waals surface area contributed by atoms with E-state index in [-0.39, 0.29) is 62.3 Å². The molecule has 1 amide bonds. The number of nitrogens with zero attached hydrogens (tertiary/aromatic N) is 3. The third kappa shape index (κ3) is 8.18. The smallest absolute Gasteiger partial charge is 0.254 e. The van der Waals surface area contributed by atoms with Crippen LogP contribution in [0.2, 0.25) is 0 Å². The average molecular weight is 752 g/mol. The van der Waals surface area contributed by atoms with E-state index in [4.69, 9.17) is 19.0 Å². The van der Waals surface area contributed by atoms with Crippen molar-refractivity contribution in [2.75, 3.05) is 34.0 Å². The van der Waals surface area contributed by atoms with Gasteiger partial charge in [-0.2, -0.15) is 5.26 Å². The number of fused-ring (bicyclic) bond motifs is 2. The molecule has 0 aromatic heterocycles.